The average molecular weight is 337 g/mol. The van der Waals surface area contributed by atoms with E-state index in [1.165, 1.54) is 5.56 Å². The minimum Gasteiger partial charge on any atom is -0.497 e. The molecule has 5 heteroatoms. The van der Waals surface area contributed by atoms with E-state index in [9.17, 15) is 5.11 Å². The summed E-state index contributed by atoms with van der Waals surface area (Å²) in [4.78, 5) is 7.08. The first-order valence-corrected chi connectivity index (χ1v) is 8.62. The highest BCUT2D eigenvalue weighted by atomic mass is 16.5. The molecule has 25 heavy (non-hydrogen) atoms. The second-order valence-corrected chi connectivity index (χ2v) is 6.69. The number of aliphatic hydroxyl groups is 1. The molecular weight excluding hydrogens is 314 g/mol. The van der Waals surface area contributed by atoms with Gasteiger partial charge in [0.25, 0.3) is 0 Å². The van der Waals surface area contributed by atoms with Gasteiger partial charge in [-0.3, -0.25) is 4.90 Å². The van der Waals surface area contributed by atoms with Crippen LogP contribution in [0.15, 0.2) is 48.5 Å². The zero-order chi connectivity index (χ0) is 17.4. The molecule has 0 unspecified atom stereocenters. The smallest absolute Gasteiger partial charge is 0.123 e. The largest absolute Gasteiger partial charge is 0.497 e. The Morgan fingerprint density at radius 1 is 1.20 bits per heavy atom. The van der Waals surface area contributed by atoms with Crippen molar-refractivity contribution in [2.24, 2.45) is 7.05 Å². The lowest BCUT2D eigenvalue weighted by atomic mass is 10.0. The Morgan fingerprint density at radius 3 is 2.84 bits per heavy atom. The third-order valence-corrected chi connectivity index (χ3v) is 5.08. The fraction of sp³-hybridized carbons (Fsp3) is 0.350. The second kappa shape index (κ2) is 6.50. The minimum absolute atomic E-state index is 0.171. The molecule has 1 fully saturated rings. The van der Waals surface area contributed by atoms with Gasteiger partial charge in [0.05, 0.1) is 30.8 Å². The number of β-amino-alcohol motifs (C(OH)–C–C–N with tert-alkyl or cyclic N) is 1. The van der Waals surface area contributed by atoms with Gasteiger partial charge in [-0.1, -0.05) is 24.3 Å². The van der Waals surface area contributed by atoms with E-state index in [1.54, 1.807) is 7.11 Å². The quantitative estimate of drug-likeness (QED) is 0.795. The summed E-state index contributed by atoms with van der Waals surface area (Å²) in [7, 11) is 3.73. The molecule has 1 aliphatic rings. The lowest BCUT2D eigenvalue weighted by Crippen LogP contribution is -2.25. The maximum Gasteiger partial charge on any atom is 0.123 e. The summed E-state index contributed by atoms with van der Waals surface area (Å²) >= 11 is 0. The van der Waals surface area contributed by atoms with Crippen LogP contribution in [0, 0.1) is 0 Å². The monoisotopic (exact) mass is 337 g/mol. The summed E-state index contributed by atoms with van der Waals surface area (Å²) in [6.07, 6.45) is 0.419. The van der Waals surface area contributed by atoms with Crippen molar-refractivity contribution in [3.8, 4) is 5.75 Å². The van der Waals surface area contributed by atoms with Crippen LogP contribution in [0.3, 0.4) is 0 Å². The number of para-hydroxylation sites is 2. The van der Waals surface area contributed by atoms with Crippen LogP contribution in [0.25, 0.3) is 11.0 Å². The molecule has 2 atom stereocenters. The topological polar surface area (TPSA) is 50.5 Å². The van der Waals surface area contributed by atoms with E-state index in [0.29, 0.717) is 13.1 Å². The van der Waals surface area contributed by atoms with Crippen molar-refractivity contribution >= 4 is 11.0 Å². The SMILES string of the molecule is COc1cccc([C@H]2C[C@H](O)CN2Cc2nc3ccccc3n2C)c1. The first kappa shape index (κ1) is 16.1. The highest BCUT2D eigenvalue weighted by Crippen LogP contribution is 2.34. The molecule has 0 aliphatic carbocycles. The van der Waals surface area contributed by atoms with E-state index >= 15 is 0 Å². The van der Waals surface area contributed by atoms with Crippen LogP contribution in [0.1, 0.15) is 23.9 Å². The maximum absolute atomic E-state index is 10.2. The third kappa shape index (κ3) is 3.01. The van der Waals surface area contributed by atoms with E-state index in [4.69, 9.17) is 9.72 Å². The van der Waals surface area contributed by atoms with Gasteiger partial charge < -0.3 is 14.4 Å². The highest BCUT2D eigenvalue weighted by Gasteiger charge is 2.33. The average Bonchev–Trinajstić information content (AvgIpc) is 3.16. The number of benzene rings is 2. The van der Waals surface area contributed by atoms with E-state index in [-0.39, 0.29) is 12.1 Å². The van der Waals surface area contributed by atoms with Gasteiger partial charge in [-0.05, 0) is 36.2 Å². The Bertz CT molecular complexity index is 890. The van der Waals surface area contributed by atoms with Crippen molar-refractivity contribution in [3.05, 3.63) is 59.9 Å². The van der Waals surface area contributed by atoms with Gasteiger partial charge in [-0.2, -0.15) is 0 Å². The number of rotatable bonds is 4. The summed E-state index contributed by atoms with van der Waals surface area (Å²) in [6, 6.07) is 16.5. The number of aryl methyl sites for hydroxylation is 1. The molecule has 4 rings (SSSR count). The Hall–Kier alpha value is -2.37. The van der Waals surface area contributed by atoms with Gasteiger partial charge in [0.2, 0.25) is 0 Å². The van der Waals surface area contributed by atoms with E-state index < -0.39 is 0 Å². The fourth-order valence-corrected chi connectivity index (χ4v) is 3.77. The Labute approximate surface area is 147 Å². The van der Waals surface area contributed by atoms with Gasteiger partial charge >= 0.3 is 0 Å². The van der Waals surface area contributed by atoms with Crippen LogP contribution >= 0.6 is 0 Å². The standard InChI is InChI=1S/C20H23N3O2/c1-22-18-9-4-3-8-17(18)21-20(22)13-23-12-15(24)11-19(23)14-6-5-7-16(10-14)25-2/h3-10,15,19,24H,11-13H2,1-2H3/t15-,19+/m0/s1. The van der Waals surface area contributed by atoms with Gasteiger partial charge in [0.1, 0.15) is 11.6 Å². The molecule has 5 nitrogen and oxygen atoms in total. The zero-order valence-electron chi connectivity index (χ0n) is 14.6. The Morgan fingerprint density at radius 2 is 2.04 bits per heavy atom. The van der Waals surface area contributed by atoms with Crippen LogP contribution in [0.2, 0.25) is 0 Å². The number of imidazole rings is 1. The van der Waals surface area contributed by atoms with Crippen molar-refractivity contribution in [2.75, 3.05) is 13.7 Å². The van der Waals surface area contributed by atoms with E-state index in [2.05, 4.69) is 34.7 Å². The summed E-state index contributed by atoms with van der Waals surface area (Å²) < 4.78 is 7.50. The molecule has 0 saturated carbocycles. The summed E-state index contributed by atoms with van der Waals surface area (Å²) in [5, 5.41) is 10.2. The highest BCUT2D eigenvalue weighted by molar-refractivity contribution is 5.75. The normalized spacial score (nSPS) is 21.1. The molecule has 2 aromatic carbocycles. The molecule has 0 bridgehead atoms. The molecular formula is C20H23N3O2. The van der Waals surface area contributed by atoms with Crippen LogP contribution < -0.4 is 4.74 Å². The van der Waals surface area contributed by atoms with Crippen molar-refractivity contribution in [1.29, 1.82) is 0 Å². The number of ether oxygens (including phenoxy) is 1. The predicted octanol–water partition coefficient (Wildman–Crippen LogP) is 2.89. The summed E-state index contributed by atoms with van der Waals surface area (Å²) in [5.41, 5.74) is 3.32. The van der Waals surface area contributed by atoms with Crippen LogP contribution in [-0.2, 0) is 13.6 Å². The van der Waals surface area contributed by atoms with Crippen molar-refractivity contribution in [3.63, 3.8) is 0 Å². The molecule has 0 spiro atoms. The van der Waals surface area contributed by atoms with E-state index in [1.807, 2.05) is 30.3 Å². The van der Waals surface area contributed by atoms with Gasteiger partial charge in [0.15, 0.2) is 0 Å². The number of hydrogen-bond acceptors (Lipinski definition) is 4. The first-order valence-electron chi connectivity index (χ1n) is 8.62. The van der Waals surface area contributed by atoms with E-state index in [0.717, 1.165) is 29.0 Å². The molecule has 1 N–H and O–H groups in total. The number of hydrogen-bond donors (Lipinski definition) is 1. The van der Waals surface area contributed by atoms with Crippen molar-refractivity contribution in [1.82, 2.24) is 14.5 Å². The van der Waals surface area contributed by atoms with Crippen molar-refractivity contribution < 1.29 is 9.84 Å². The van der Waals surface area contributed by atoms with Crippen LogP contribution in [0.4, 0.5) is 0 Å². The summed E-state index contributed by atoms with van der Waals surface area (Å²) in [6.45, 7) is 1.37. The molecule has 3 aromatic rings. The summed E-state index contributed by atoms with van der Waals surface area (Å²) in [5.74, 6) is 1.87. The molecule has 1 aliphatic heterocycles. The van der Waals surface area contributed by atoms with Gasteiger partial charge in [0, 0.05) is 19.6 Å². The van der Waals surface area contributed by atoms with Gasteiger partial charge in [-0.25, -0.2) is 4.98 Å². The first-order chi connectivity index (χ1) is 12.2. The third-order valence-electron chi connectivity index (χ3n) is 5.08. The molecule has 1 saturated heterocycles. The predicted molar refractivity (Wildman–Crippen MR) is 97.5 cm³/mol. The number of fused-ring (bicyclic) bond motifs is 1. The Kier molecular flexibility index (Phi) is 4.19. The number of likely N-dealkylation sites (tertiary alicyclic amines) is 1. The molecule has 1 aromatic heterocycles. The zero-order valence-corrected chi connectivity index (χ0v) is 14.6. The molecule has 0 amide bonds. The van der Waals surface area contributed by atoms with Crippen molar-refractivity contribution in [2.45, 2.75) is 25.1 Å². The second-order valence-electron chi connectivity index (χ2n) is 6.69. The van der Waals surface area contributed by atoms with Gasteiger partial charge in [-0.15, -0.1) is 0 Å². The number of aliphatic hydroxyl groups excluding tert-OH is 1. The molecule has 0 radical (unpaired) electrons. The molecule has 130 valence electrons. The number of nitrogens with zero attached hydrogens (tertiary/aromatic N) is 3. The minimum atomic E-state index is -0.314. The lowest BCUT2D eigenvalue weighted by Gasteiger charge is -2.24. The lowest BCUT2D eigenvalue weighted by molar-refractivity contribution is 0.171. The van der Waals surface area contributed by atoms with Crippen LogP contribution in [0.5, 0.6) is 5.75 Å². The Balaban J connectivity index is 1.64. The number of methoxy groups -OCH3 is 1. The molecule has 2 heterocycles. The number of aromatic nitrogens is 2. The fourth-order valence-electron chi connectivity index (χ4n) is 3.77. The van der Waals surface area contributed by atoms with Crippen LogP contribution in [-0.4, -0.2) is 39.3 Å². The maximum atomic E-state index is 10.2.